The van der Waals surface area contributed by atoms with E-state index in [1.165, 1.54) is 24.8 Å². The Kier molecular flexibility index (Phi) is 5.76. The molecule has 0 bridgehead atoms. The molecule has 1 nitrogen and oxygen atoms in total. The summed E-state index contributed by atoms with van der Waals surface area (Å²) in [6, 6.07) is 18.5. The molecule has 1 atom stereocenters. The predicted octanol–water partition coefficient (Wildman–Crippen LogP) is 6.21. The van der Waals surface area contributed by atoms with Gasteiger partial charge in [-0.15, -0.1) is 0 Å². The maximum atomic E-state index is 8.67. The Bertz CT molecular complexity index is 640. The highest BCUT2D eigenvalue weighted by Gasteiger charge is 2.30. The zero-order valence-corrected chi connectivity index (χ0v) is 14.9. The van der Waals surface area contributed by atoms with Crippen LogP contribution in [0.1, 0.15) is 63.6 Å². The van der Waals surface area contributed by atoms with E-state index in [2.05, 4.69) is 45.9 Å². The molecule has 0 heterocycles. The van der Waals surface area contributed by atoms with Gasteiger partial charge in [0.15, 0.2) is 0 Å². The first kappa shape index (κ1) is 17.5. The van der Waals surface area contributed by atoms with Gasteiger partial charge in [-0.2, -0.15) is 0 Å². The normalized spacial score (nSPS) is 12.9. The highest BCUT2D eigenvalue weighted by atomic mass is 14.4. The summed E-state index contributed by atoms with van der Waals surface area (Å²) in [6.45, 7) is 9.24. The Morgan fingerprint density at radius 3 is 2.26 bits per heavy atom. The van der Waals surface area contributed by atoms with Crippen LogP contribution in [-0.4, -0.2) is 5.71 Å². The summed E-state index contributed by atoms with van der Waals surface area (Å²) in [7, 11) is 0. The molecule has 0 aliphatic rings. The van der Waals surface area contributed by atoms with Gasteiger partial charge in [0.25, 0.3) is 0 Å². The fourth-order valence-electron chi connectivity index (χ4n) is 3.16. The van der Waals surface area contributed by atoms with Crippen molar-refractivity contribution in [3.8, 4) is 0 Å². The molecule has 0 aliphatic carbocycles. The molecule has 1 unspecified atom stereocenters. The molecule has 0 saturated heterocycles. The summed E-state index contributed by atoms with van der Waals surface area (Å²) < 4.78 is 0. The van der Waals surface area contributed by atoms with Crippen molar-refractivity contribution in [1.29, 1.82) is 5.41 Å². The highest BCUT2D eigenvalue weighted by Crippen LogP contribution is 2.37. The summed E-state index contributed by atoms with van der Waals surface area (Å²) in [5.74, 6) is 0.590. The van der Waals surface area contributed by atoms with E-state index in [1.54, 1.807) is 0 Å². The number of nitrogens with one attached hydrogen (secondary N) is 1. The number of unbranched alkanes of at least 4 members (excludes halogenated alkanes) is 1. The van der Waals surface area contributed by atoms with Gasteiger partial charge in [-0.05, 0) is 23.3 Å². The van der Waals surface area contributed by atoms with Crippen molar-refractivity contribution < 1.29 is 0 Å². The summed E-state index contributed by atoms with van der Waals surface area (Å²) in [5, 5.41) is 8.67. The van der Waals surface area contributed by atoms with Crippen molar-refractivity contribution in [3.05, 3.63) is 71.3 Å². The van der Waals surface area contributed by atoms with Crippen LogP contribution in [0.5, 0.6) is 0 Å². The highest BCUT2D eigenvalue weighted by molar-refractivity contribution is 6.11. The first-order valence-electron chi connectivity index (χ1n) is 8.72. The van der Waals surface area contributed by atoms with E-state index >= 15 is 0 Å². The lowest BCUT2D eigenvalue weighted by atomic mass is 9.70. The molecule has 0 spiro atoms. The van der Waals surface area contributed by atoms with Crippen molar-refractivity contribution in [3.63, 3.8) is 0 Å². The molecule has 1 N–H and O–H groups in total. The molecule has 0 fully saturated rings. The van der Waals surface area contributed by atoms with E-state index in [0.717, 1.165) is 11.1 Å². The average Bonchev–Trinajstić information content (AvgIpc) is 2.59. The van der Waals surface area contributed by atoms with Crippen LogP contribution in [0, 0.1) is 11.3 Å². The first-order chi connectivity index (χ1) is 11.0. The molecule has 1 heteroatoms. The van der Waals surface area contributed by atoms with E-state index in [9.17, 15) is 0 Å². The van der Waals surface area contributed by atoms with E-state index in [4.69, 9.17) is 5.41 Å². The fourth-order valence-corrected chi connectivity index (χ4v) is 3.16. The molecule has 0 aromatic heterocycles. The van der Waals surface area contributed by atoms with Crippen LogP contribution in [0.3, 0.4) is 0 Å². The van der Waals surface area contributed by atoms with Gasteiger partial charge in [0.2, 0.25) is 0 Å². The van der Waals surface area contributed by atoms with Crippen molar-refractivity contribution in [2.45, 2.75) is 52.4 Å². The van der Waals surface area contributed by atoms with Crippen LogP contribution in [0.15, 0.2) is 54.6 Å². The van der Waals surface area contributed by atoms with E-state index in [0.29, 0.717) is 11.6 Å². The minimum absolute atomic E-state index is 0.0623. The Hall–Kier alpha value is -1.89. The van der Waals surface area contributed by atoms with E-state index in [-0.39, 0.29) is 5.41 Å². The summed E-state index contributed by atoms with van der Waals surface area (Å²) >= 11 is 0. The summed E-state index contributed by atoms with van der Waals surface area (Å²) in [6.07, 6.45) is 3.74. The molecule has 0 radical (unpaired) electrons. The lowest BCUT2D eigenvalue weighted by molar-refractivity contribution is 0.316. The molecule has 23 heavy (non-hydrogen) atoms. The fraction of sp³-hybridized carbons (Fsp3) is 0.409. The number of hydrogen-bond acceptors (Lipinski definition) is 1. The van der Waals surface area contributed by atoms with Crippen LogP contribution < -0.4 is 0 Å². The van der Waals surface area contributed by atoms with Crippen LogP contribution in [0.25, 0.3) is 0 Å². The van der Waals surface area contributed by atoms with Gasteiger partial charge in [-0.25, -0.2) is 0 Å². The second-order valence-electron chi connectivity index (χ2n) is 7.05. The largest absolute Gasteiger partial charge is 0.300 e. The number of benzene rings is 2. The molecule has 2 aromatic carbocycles. The first-order valence-corrected chi connectivity index (χ1v) is 8.72. The SMILES string of the molecule is CCCCC(C)C(C)(C)c1ccccc1C(=N)c1ccccc1. The third kappa shape index (κ3) is 3.90. The maximum absolute atomic E-state index is 8.67. The molecule has 0 saturated carbocycles. The van der Waals surface area contributed by atoms with E-state index in [1.807, 2.05) is 36.4 Å². The molecule has 0 amide bonds. The quantitative estimate of drug-likeness (QED) is 0.588. The molecular weight excluding hydrogens is 278 g/mol. The van der Waals surface area contributed by atoms with Crippen molar-refractivity contribution >= 4 is 5.71 Å². The molecule has 2 rings (SSSR count). The topological polar surface area (TPSA) is 23.9 Å². The van der Waals surface area contributed by atoms with Crippen LogP contribution in [0.4, 0.5) is 0 Å². The van der Waals surface area contributed by atoms with Crippen molar-refractivity contribution in [2.24, 2.45) is 5.92 Å². The molecule has 2 aromatic rings. The summed E-state index contributed by atoms with van der Waals surface area (Å²) in [4.78, 5) is 0. The van der Waals surface area contributed by atoms with Gasteiger partial charge in [-0.1, -0.05) is 95.1 Å². The Labute approximate surface area is 141 Å². The Balaban J connectivity index is 2.39. The minimum Gasteiger partial charge on any atom is -0.300 e. The van der Waals surface area contributed by atoms with Crippen LogP contribution in [0.2, 0.25) is 0 Å². The third-order valence-electron chi connectivity index (χ3n) is 5.18. The second-order valence-corrected chi connectivity index (χ2v) is 7.05. The third-order valence-corrected chi connectivity index (χ3v) is 5.18. The van der Waals surface area contributed by atoms with Gasteiger partial charge in [0.1, 0.15) is 0 Å². The van der Waals surface area contributed by atoms with Crippen LogP contribution in [-0.2, 0) is 5.41 Å². The predicted molar refractivity (Wildman–Crippen MR) is 101 cm³/mol. The molecule has 0 aliphatic heterocycles. The van der Waals surface area contributed by atoms with E-state index < -0.39 is 0 Å². The smallest absolute Gasteiger partial charge is 0.0687 e. The minimum atomic E-state index is 0.0623. The van der Waals surface area contributed by atoms with Gasteiger partial charge < -0.3 is 0 Å². The molecular formula is C22H29N. The Morgan fingerprint density at radius 1 is 1.00 bits per heavy atom. The average molecular weight is 307 g/mol. The number of rotatable bonds is 7. The molecule has 122 valence electrons. The monoisotopic (exact) mass is 307 g/mol. The van der Waals surface area contributed by atoms with Crippen molar-refractivity contribution in [1.82, 2.24) is 0 Å². The maximum Gasteiger partial charge on any atom is 0.0687 e. The van der Waals surface area contributed by atoms with Crippen molar-refractivity contribution in [2.75, 3.05) is 0 Å². The van der Waals surface area contributed by atoms with Gasteiger partial charge >= 0.3 is 0 Å². The number of hydrogen-bond donors (Lipinski definition) is 1. The standard InChI is InChI=1S/C22H29N/c1-5-6-12-17(2)22(3,4)20-16-11-10-15-19(20)21(23)18-13-8-7-9-14-18/h7-11,13-17,23H,5-6,12H2,1-4H3. The van der Waals surface area contributed by atoms with Crippen LogP contribution >= 0.6 is 0 Å². The van der Waals surface area contributed by atoms with Gasteiger partial charge in [0, 0.05) is 11.1 Å². The zero-order chi connectivity index (χ0) is 16.9. The lowest BCUT2D eigenvalue weighted by Crippen LogP contribution is -2.29. The van der Waals surface area contributed by atoms with Gasteiger partial charge in [0.05, 0.1) is 5.71 Å². The lowest BCUT2D eigenvalue weighted by Gasteiger charge is -2.34. The second kappa shape index (κ2) is 7.59. The van der Waals surface area contributed by atoms with Gasteiger partial charge in [-0.3, -0.25) is 5.41 Å². The zero-order valence-electron chi connectivity index (χ0n) is 14.9. The Morgan fingerprint density at radius 2 is 1.61 bits per heavy atom. The summed E-state index contributed by atoms with van der Waals surface area (Å²) in [5.41, 5.74) is 4.02.